The van der Waals surface area contributed by atoms with Crippen LogP contribution in [0.3, 0.4) is 0 Å². The minimum Gasteiger partial charge on any atom is -0.353 e. The maximum Gasteiger partial charge on any atom is 0.0640 e. The lowest BCUT2D eigenvalue weighted by Crippen LogP contribution is -1.73. The van der Waals surface area contributed by atoms with Gasteiger partial charge in [0.2, 0.25) is 0 Å². The molecular weight excluding hydrogens is 240 g/mol. The molecule has 0 spiro atoms. The van der Waals surface area contributed by atoms with E-state index in [1.54, 1.807) is 6.20 Å². The Morgan fingerprint density at radius 2 is 1.93 bits per heavy atom. The standard InChI is InChI=1S/C11H7BrN2/c12-9-6-13-5-8-7-3-1-2-4-10(7)14-11(8)9/h1-6,14H. The second-order valence-corrected chi connectivity index (χ2v) is 4.07. The quantitative estimate of drug-likeness (QED) is 0.647. The first-order valence-electron chi connectivity index (χ1n) is 4.36. The Bertz CT molecular complexity index is 613. The van der Waals surface area contributed by atoms with Crippen molar-refractivity contribution in [3.63, 3.8) is 0 Å². The third kappa shape index (κ3) is 0.990. The van der Waals surface area contributed by atoms with Gasteiger partial charge in [0.05, 0.1) is 9.99 Å². The van der Waals surface area contributed by atoms with Crippen LogP contribution in [0, 0.1) is 0 Å². The highest BCUT2D eigenvalue weighted by atomic mass is 79.9. The molecule has 0 aliphatic carbocycles. The van der Waals surface area contributed by atoms with E-state index in [0.717, 1.165) is 20.9 Å². The summed E-state index contributed by atoms with van der Waals surface area (Å²) < 4.78 is 1.01. The Morgan fingerprint density at radius 3 is 2.86 bits per heavy atom. The lowest BCUT2D eigenvalue weighted by Gasteiger charge is -1.91. The summed E-state index contributed by atoms with van der Waals surface area (Å²) in [6.07, 6.45) is 3.69. The summed E-state index contributed by atoms with van der Waals surface area (Å²) in [7, 11) is 0. The van der Waals surface area contributed by atoms with E-state index in [1.165, 1.54) is 5.39 Å². The van der Waals surface area contributed by atoms with Crippen LogP contribution >= 0.6 is 15.9 Å². The topological polar surface area (TPSA) is 28.7 Å². The molecule has 1 N–H and O–H groups in total. The zero-order valence-electron chi connectivity index (χ0n) is 7.29. The van der Waals surface area contributed by atoms with E-state index in [4.69, 9.17) is 0 Å². The molecule has 0 radical (unpaired) electrons. The van der Waals surface area contributed by atoms with Crippen molar-refractivity contribution in [1.82, 2.24) is 9.97 Å². The van der Waals surface area contributed by atoms with Crippen LogP contribution in [-0.4, -0.2) is 9.97 Å². The molecule has 0 aliphatic heterocycles. The van der Waals surface area contributed by atoms with Gasteiger partial charge in [-0.1, -0.05) is 18.2 Å². The van der Waals surface area contributed by atoms with Crippen molar-refractivity contribution >= 4 is 37.7 Å². The number of H-pyrrole nitrogens is 1. The fourth-order valence-electron chi connectivity index (χ4n) is 1.73. The normalized spacial score (nSPS) is 11.2. The van der Waals surface area contributed by atoms with E-state index in [0.29, 0.717) is 0 Å². The Morgan fingerprint density at radius 1 is 1.07 bits per heavy atom. The highest BCUT2D eigenvalue weighted by Crippen LogP contribution is 2.28. The molecule has 0 fully saturated rings. The summed E-state index contributed by atoms with van der Waals surface area (Å²) in [6, 6.07) is 8.24. The average molecular weight is 247 g/mol. The molecule has 0 amide bonds. The molecule has 14 heavy (non-hydrogen) atoms. The predicted molar refractivity (Wildman–Crippen MR) is 61.3 cm³/mol. The average Bonchev–Trinajstić information content (AvgIpc) is 2.59. The van der Waals surface area contributed by atoms with Gasteiger partial charge >= 0.3 is 0 Å². The maximum absolute atomic E-state index is 4.17. The molecule has 0 saturated carbocycles. The van der Waals surface area contributed by atoms with Crippen LogP contribution in [0.25, 0.3) is 21.8 Å². The third-order valence-electron chi connectivity index (χ3n) is 2.38. The Kier molecular flexibility index (Phi) is 1.61. The van der Waals surface area contributed by atoms with E-state index in [-0.39, 0.29) is 0 Å². The number of hydrogen-bond acceptors (Lipinski definition) is 1. The van der Waals surface area contributed by atoms with Crippen molar-refractivity contribution < 1.29 is 0 Å². The van der Waals surface area contributed by atoms with Gasteiger partial charge in [0.15, 0.2) is 0 Å². The lowest BCUT2D eigenvalue weighted by molar-refractivity contribution is 1.34. The van der Waals surface area contributed by atoms with Crippen LogP contribution in [-0.2, 0) is 0 Å². The van der Waals surface area contributed by atoms with Crippen LogP contribution in [0.2, 0.25) is 0 Å². The molecule has 2 heterocycles. The number of aromatic amines is 1. The number of pyridine rings is 1. The Hall–Kier alpha value is -1.35. The number of fused-ring (bicyclic) bond motifs is 3. The van der Waals surface area contributed by atoms with Crippen molar-refractivity contribution in [3.05, 3.63) is 41.1 Å². The zero-order chi connectivity index (χ0) is 9.54. The first-order chi connectivity index (χ1) is 6.86. The first-order valence-corrected chi connectivity index (χ1v) is 5.15. The van der Waals surface area contributed by atoms with Crippen LogP contribution in [0.4, 0.5) is 0 Å². The second kappa shape index (κ2) is 2.82. The SMILES string of the molecule is Brc1cncc2c1[nH]c1ccccc12. The number of nitrogens with one attached hydrogen (secondary N) is 1. The van der Waals surface area contributed by atoms with Gasteiger partial charge in [-0.25, -0.2) is 0 Å². The molecule has 0 aliphatic rings. The van der Waals surface area contributed by atoms with Crippen molar-refractivity contribution in [3.8, 4) is 0 Å². The monoisotopic (exact) mass is 246 g/mol. The number of nitrogens with zero attached hydrogens (tertiary/aromatic N) is 1. The predicted octanol–water partition coefficient (Wildman–Crippen LogP) is 3.48. The van der Waals surface area contributed by atoms with E-state index in [9.17, 15) is 0 Å². The van der Waals surface area contributed by atoms with Crippen molar-refractivity contribution in [2.75, 3.05) is 0 Å². The number of halogens is 1. The summed E-state index contributed by atoms with van der Waals surface area (Å²) in [5, 5.41) is 2.38. The summed E-state index contributed by atoms with van der Waals surface area (Å²) in [6.45, 7) is 0. The number of para-hydroxylation sites is 1. The molecular formula is C11H7BrN2. The zero-order valence-corrected chi connectivity index (χ0v) is 8.88. The van der Waals surface area contributed by atoms with Crippen LogP contribution in [0.1, 0.15) is 0 Å². The van der Waals surface area contributed by atoms with Gasteiger partial charge in [0.1, 0.15) is 0 Å². The largest absolute Gasteiger partial charge is 0.353 e. The molecule has 2 aromatic heterocycles. The Balaban J connectivity index is 2.63. The second-order valence-electron chi connectivity index (χ2n) is 3.21. The molecule has 0 saturated heterocycles. The van der Waals surface area contributed by atoms with E-state index < -0.39 is 0 Å². The molecule has 2 nitrogen and oxygen atoms in total. The maximum atomic E-state index is 4.17. The van der Waals surface area contributed by atoms with Crippen molar-refractivity contribution in [2.24, 2.45) is 0 Å². The van der Waals surface area contributed by atoms with Crippen LogP contribution < -0.4 is 0 Å². The molecule has 3 rings (SSSR count). The number of aromatic nitrogens is 2. The molecule has 3 aromatic rings. The van der Waals surface area contributed by atoms with Gasteiger partial charge in [0.25, 0.3) is 0 Å². The molecule has 0 unspecified atom stereocenters. The summed E-state index contributed by atoms with van der Waals surface area (Å²) in [5.74, 6) is 0. The van der Waals surface area contributed by atoms with E-state index >= 15 is 0 Å². The van der Waals surface area contributed by atoms with Gasteiger partial charge in [-0.2, -0.15) is 0 Å². The number of hydrogen-bond donors (Lipinski definition) is 1. The van der Waals surface area contributed by atoms with Gasteiger partial charge in [0, 0.05) is 28.7 Å². The number of benzene rings is 1. The van der Waals surface area contributed by atoms with Gasteiger partial charge in [-0.05, 0) is 22.0 Å². The fourth-order valence-corrected chi connectivity index (χ4v) is 2.16. The summed E-state index contributed by atoms with van der Waals surface area (Å²) in [5.41, 5.74) is 2.26. The summed E-state index contributed by atoms with van der Waals surface area (Å²) >= 11 is 3.48. The lowest BCUT2D eigenvalue weighted by atomic mass is 10.2. The van der Waals surface area contributed by atoms with Crippen molar-refractivity contribution in [1.29, 1.82) is 0 Å². The van der Waals surface area contributed by atoms with E-state index in [1.807, 2.05) is 18.3 Å². The van der Waals surface area contributed by atoms with Crippen LogP contribution in [0.15, 0.2) is 41.1 Å². The minimum atomic E-state index is 1.01. The summed E-state index contributed by atoms with van der Waals surface area (Å²) in [4.78, 5) is 7.53. The molecule has 3 heteroatoms. The van der Waals surface area contributed by atoms with Crippen molar-refractivity contribution in [2.45, 2.75) is 0 Å². The number of rotatable bonds is 0. The van der Waals surface area contributed by atoms with Crippen LogP contribution in [0.5, 0.6) is 0 Å². The Labute approximate surface area is 89.1 Å². The molecule has 68 valence electrons. The highest BCUT2D eigenvalue weighted by molar-refractivity contribution is 9.10. The molecule has 1 aromatic carbocycles. The molecule has 0 bridgehead atoms. The van der Waals surface area contributed by atoms with Gasteiger partial charge in [-0.3, -0.25) is 4.98 Å². The third-order valence-corrected chi connectivity index (χ3v) is 2.98. The first kappa shape index (κ1) is 8.00. The highest BCUT2D eigenvalue weighted by Gasteiger charge is 2.05. The van der Waals surface area contributed by atoms with Gasteiger partial charge in [-0.15, -0.1) is 0 Å². The smallest absolute Gasteiger partial charge is 0.0640 e. The fraction of sp³-hybridized carbons (Fsp3) is 0. The van der Waals surface area contributed by atoms with E-state index in [2.05, 4.69) is 38.0 Å². The molecule has 0 atom stereocenters. The minimum absolute atomic E-state index is 1.01. The van der Waals surface area contributed by atoms with Gasteiger partial charge < -0.3 is 4.98 Å².